The van der Waals surface area contributed by atoms with Crippen LogP contribution in [0, 0.1) is 5.82 Å². The van der Waals surface area contributed by atoms with Crippen molar-refractivity contribution in [3.05, 3.63) is 35.3 Å². The van der Waals surface area contributed by atoms with Crippen LogP contribution in [-0.4, -0.2) is 37.9 Å². The van der Waals surface area contributed by atoms with E-state index in [1.165, 1.54) is 18.6 Å². The van der Waals surface area contributed by atoms with Crippen LogP contribution in [0.5, 0.6) is 0 Å². The van der Waals surface area contributed by atoms with E-state index < -0.39 is 11.4 Å². The van der Waals surface area contributed by atoms with Gasteiger partial charge in [0.1, 0.15) is 28.6 Å². The lowest BCUT2D eigenvalue weighted by Gasteiger charge is -2.38. The van der Waals surface area contributed by atoms with Gasteiger partial charge in [0.2, 0.25) is 0 Å². The molecule has 0 aromatic carbocycles. The molecule has 1 fully saturated rings. The summed E-state index contributed by atoms with van der Waals surface area (Å²) in [6.07, 6.45) is 3.72. The number of halogens is 2. The predicted octanol–water partition coefficient (Wildman–Crippen LogP) is 1.49. The van der Waals surface area contributed by atoms with Gasteiger partial charge < -0.3 is 10.0 Å². The molecule has 1 saturated heterocycles. The molecule has 6 nitrogen and oxygen atoms in total. The first kappa shape index (κ1) is 14.2. The summed E-state index contributed by atoms with van der Waals surface area (Å²) in [5.74, 6) is 0.466. The van der Waals surface area contributed by atoms with Gasteiger partial charge >= 0.3 is 0 Å². The van der Waals surface area contributed by atoms with Gasteiger partial charge in [-0.25, -0.2) is 14.4 Å². The summed E-state index contributed by atoms with van der Waals surface area (Å²) < 4.78 is 15.1. The van der Waals surface area contributed by atoms with Gasteiger partial charge in [0.25, 0.3) is 0 Å². The van der Waals surface area contributed by atoms with Gasteiger partial charge in [-0.1, -0.05) is 11.6 Å². The van der Waals surface area contributed by atoms with Crippen molar-refractivity contribution in [1.82, 2.24) is 19.7 Å². The Morgan fingerprint density at radius 2 is 2.05 bits per heavy atom. The monoisotopic (exact) mass is 311 g/mol. The lowest BCUT2D eigenvalue weighted by atomic mass is 9.90. The molecular weight excluding hydrogens is 297 g/mol. The maximum absolute atomic E-state index is 13.5. The summed E-state index contributed by atoms with van der Waals surface area (Å²) >= 11 is 5.95. The highest BCUT2D eigenvalue weighted by Gasteiger charge is 2.38. The molecule has 1 aliphatic rings. The van der Waals surface area contributed by atoms with E-state index in [-0.39, 0.29) is 5.02 Å². The summed E-state index contributed by atoms with van der Waals surface area (Å²) in [5, 5.41) is 14.7. The van der Waals surface area contributed by atoms with E-state index in [0.717, 1.165) is 0 Å². The zero-order chi connectivity index (χ0) is 15.0. The van der Waals surface area contributed by atoms with Crippen molar-refractivity contribution in [2.24, 2.45) is 7.05 Å². The SMILES string of the molecule is Cn1ncnc1C1(O)CCN(c2nccc(F)c2Cl)CC1. The molecule has 1 aliphatic heterocycles. The highest BCUT2D eigenvalue weighted by Crippen LogP contribution is 2.35. The number of pyridine rings is 1. The average molecular weight is 312 g/mol. The molecular formula is C13H15ClFN5O. The Balaban J connectivity index is 1.79. The van der Waals surface area contributed by atoms with Gasteiger partial charge in [-0.05, 0) is 6.07 Å². The number of hydrogen-bond acceptors (Lipinski definition) is 5. The number of aryl methyl sites for hydroxylation is 1. The van der Waals surface area contributed by atoms with Crippen LogP contribution in [-0.2, 0) is 12.6 Å². The Bertz CT molecular complexity index is 654. The third-order valence-corrected chi connectivity index (χ3v) is 4.19. The van der Waals surface area contributed by atoms with Crippen molar-refractivity contribution in [2.45, 2.75) is 18.4 Å². The molecule has 8 heteroatoms. The van der Waals surface area contributed by atoms with Crippen LogP contribution in [0.2, 0.25) is 5.02 Å². The van der Waals surface area contributed by atoms with Crippen molar-refractivity contribution in [1.29, 1.82) is 0 Å². The third-order valence-electron chi connectivity index (χ3n) is 3.84. The molecule has 0 unspecified atom stereocenters. The van der Waals surface area contributed by atoms with Gasteiger partial charge in [0.05, 0.1) is 0 Å². The van der Waals surface area contributed by atoms with Crippen molar-refractivity contribution in [3.8, 4) is 0 Å². The first-order valence-corrected chi connectivity index (χ1v) is 7.01. The zero-order valence-corrected chi connectivity index (χ0v) is 12.3. The van der Waals surface area contributed by atoms with E-state index in [1.54, 1.807) is 11.7 Å². The summed E-state index contributed by atoms with van der Waals surface area (Å²) in [5.41, 5.74) is -1.03. The van der Waals surface area contributed by atoms with E-state index in [2.05, 4.69) is 15.1 Å². The normalized spacial score (nSPS) is 18.0. The summed E-state index contributed by atoms with van der Waals surface area (Å²) in [7, 11) is 1.75. The van der Waals surface area contributed by atoms with Gasteiger partial charge in [0, 0.05) is 39.2 Å². The number of hydrogen-bond donors (Lipinski definition) is 1. The Morgan fingerprint density at radius 1 is 1.33 bits per heavy atom. The zero-order valence-electron chi connectivity index (χ0n) is 11.5. The number of aromatic nitrogens is 4. The molecule has 1 N–H and O–H groups in total. The standard InChI is InChI=1S/C13H15ClFN5O/c1-19-12(17-8-18-19)13(21)3-6-20(7-4-13)11-10(14)9(15)2-5-16-11/h2,5,8,21H,3-4,6-7H2,1H3. The molecule has 3 rings (SSSR count). The fourth-order valence-electron chi connectivity index (χ4n) is 2.66. The minimum Gasteiger partial charge on any atom is -0.382 e. The molecule has 0 radical (unpaired) electrons. The highest BCUT2D eigenvalue weighted by atomic mass is 35.5. The quantitative estimate of drug-likeness (QED) is 0.910. The Kier molecular flexibility index (Phi) is 3.54. The van der Waals surface area contributed by atoms with Crippen LogP contribution < -0.4 is 4.90 Å². The fourth-order valence-corrected chi connectivity index (χ4v) is 2.89. The summed E-state index contributed by atoms with van der Waals surface area (Å²) in [4.78, 5) is 10.1. The van der Waals surface area contributed by atoms with Crippen LogP contribution in [0.15, 0.2) is 18.6 Å². The maximum atomic E-state index is 13.5. The topological polar surface area (TPSA) is 67.1 Å². The molecule has 21 heavy (non-hydrogen) atoms. The van der Waals surface area contributed by atoms with E-state index in [9.17, 15) is 9.50 Å². The number of aliphatic hydroxyl groups is 1. The second-order valence-electron chi connectivity index (χ2n) is 5.16. The Morgan fingerprint density at radius 3 is 2.67 bits per heavy atom. The second-order valence-corrected chi connectivity index (χ2v) is 5.53. The van der Waals surface area contributed by atoms with Gasteiger partial charge in [-0.2, -0.15) is 5.10 Å². The van der Waals surface area contributed by atoms with Crippen LogP contribution in [0.3, 0.4) is 0 Å². The third kappa shape index (κ3) is 2.47. The summed E-state index contributed by atoms with van der Waals surface area (Å²) in [6.45, 7) is 1.03. The Labute approximate surface area is 126 Å². The minimum absolute atomic E-state index is 0.0154. The van der Waals surface area contributed by atoms with Gasteiger partial charge in [0.15, 0.2) is 5.82 Å². The average Bonchev–Trinajstić information content (AvgIpc) is 2.90. The molecule has 0 atom stereocenters. The molecule has 3 heterocycles. The number of nitrogens with zero attached hydrogens (tertiary/aromatic N) is 5. The van der Waals surface area contributed by atoms with E-state index in [0.29, 0.717) is 37.6 Å². The maximum Gasteiger partial charge on any atom is 0.158 e. The Hall–Kier alpha value is -1.73. The molecule has 2 aromatic heterocycles. The molecule has 0 amide bonds. The molecule has 2 aromatic rings. The number of anilines is 1. The minimum atomic E-state index is -1.03. The smallest absolute Gasteiger partial charge is 0.158 e. The first-order valence-electron chi connectivity index (χ1n) is 6.63. The van der Waals surface area contributed by atoms with Crippen LogP contribution >= 0.6 is 11.6 Å². The molecule has 0 spiro atoms. The lowest BCUT2D eigenvalue weighted by molar-refractivity contribution is -0.000179. The van der Waals surface area contributed by atoms with Crippen molar-refractivity contribution < 1.29 is 9.50 Å². The van der Waals surface area contributed by atoms with E-state index in [1.807, 2.05) is 4.90 Å². The molecule has 0 aliphatic carbocycles. The number of piperidine rings is 1. The predicted molar refractivity (Wildman–Crippen MR) is 75.6 cm³/mol. The van der Waals surface area contributed by atoms with Crippen molar-refractivity contribution >= 4 is 17.4 Å². The highest BCUT2D eigenvalue weighted by molar-refractivity contribution is 6.33. The van der Waals surface area contributed by atoms with Crippen molar-refractivity contribution in [2.75, 3.05) is 18.0 Å². The summed E-state index contributed by atoms with van der Waals surface area (Å²) in [6, 6.07) is 1.23. The van der Waals surface area contributed by atoms with E-state index >= 15 is 0 Å². The molecule has 112 valence electrons. The van der Waals surface area contributed by atoms with Gasteiger partial charge in [-0.3, -0.25) is 4.68 Å². The van der Waals surface area contributed by atoms with E-state index in [4.69, 9.17) is 11.6 Å². The van der Waals surface area contributed by atoms with Crippen LogP contribution in [0.1, 0.15) is 18.7 Å². The van der Waals surface area contributed by atoms with Crippen LogP contribution in [0.4, 0.5) is 10.2 Å². The van der Waals surface area contributed by atoms with Gasteiger partial charge in [-0.15, -0.1) is 0 Å². The second kappa shape index (κ2) is 5.23. The first-order chi connectivity index (χ1) is 10.0. The largest absolute Gasteiger partial charge is 0.382 e. The molecule has 0 bridgehead atoms. The van der Waals surface area contributed by atoms with Crippen molar-refractivity contribution in [3.63, 3.8) is 0 Å². The number of rotatable bonds is 2. The lowest BCUT2D eigenvalue weighted by Crippen LogP contribution is -2.44. The fraction of sp³-hybridized carbons (Fsp3) is 0.462. The molecule has 0 saturated carbocycles. The van der Waals surface area contributed by atoms with Crippen LogP contribution in [0.25, 0.3) is 0 Å².